The number of anilines is 1. The predicted molar refractivity (Wildman–Crippen MR) is 111 cm³/mol. The van der Waals surface area contributed by atoms with E-state index >= 15 is 0 Å². The van der Waals surface area contributed by atoms with E-state index < -0.39 is 34.7 Å². The second-order valence-electron chi connectivity index (χ2n) is 6.68. The summed E-state index contributed by atoms with van der Waals surface area (Å²) in [5.41, 5.74) is -0.847. The number of esters is 1. The van der Waals surface area contributed by atoms with Gasteiger partial charge in [-0.05, 0) is 42.5 Å². The minimum atomic E-state index is -1.01. The zero-order valence-electron chi connectivity index (χ0n) is 17.3. The first-order valence-corrected chi connectivity index (χ1v) is 9.15. The van der Waals surface area contributed by atoms with E-state index in [0.717, 1.165) is 30.9 Å². The number of carbonyl (C=O) groups is 3. The lowest BCUT2D eigenvalue weighted by atomic mass is 10.1. The van der Waals surface area contributed by atoms with E-state index in [4.69, 9.17) is 9.47 Å². The minimum absolute atomic E-state index is 0.0560. The van der Waals surface area contributed by atoms with E-state index in [1.165, 1.54) is 36.9 Å². The molecule has 0 bridgehead atoms. The van der Waals surface area contributed by atoms with Crippen LogP contribution in [0.1, 0.15) is 24.2 Å². The molecule has 1 aromatic heterocycles. The van der Waals surface area contributed by atoms with Crippen molar-refractivity contribution in [3.05, 3.63) is 64.2 Å². The summed E-state index contributed by atoms with van der Waals surface area (Å²) in [6.45, 7) is 2.25. The van der Waals surface area contributed by atoms with Crippen molar-refractivity contribution in [1.82, 2.24) is 4.57 Å². The number of aryl methyl sites for hydroxylation is 1. The molecule has 0 fully saturated rings. The van der Waals surface area contributed by atoms with Gasteiger partial charge in [-0.25, -0.2) is 9.29 Å². The Hall–Kier alpha value is -4.01. The molecule has 2 aromatic carbocycles. The van der Waals surface area contributed by atoms with Crippen LogP contribution in [-0.4, -0.2) is 29.5 Å². The molecule has 0 N–H and O–H groups in total. The van der Waals surface area contributed by atoms with Gasteiger partial charge in [-0.3, -0.25) is 19.2 Å². The van der Waals surface area contributed by atoms with Crippen LogP contribution in [-0.2, 0) is 16.6 Å². The molecule has 3 rings (SSSR count). The van der Waals surface area contributed by atoms with Crippen LogP contribution in [0.2, 0.25) is 0 Å². The van der Waals surface area contributed by atoms with Gasteiger partial charge in [0.05, 0.1) is 18.3 Å². The maximum atomic E-state index is 13.4. The largest absolute Gasteiger partial charge is 0.497 e. The molecule has 31 heavy (non-hydrogen) atoms. The van der Waals surface area contributed by atoms with Crippen molar-refractivity contribution in [2.45, 2.75) is 13.8 Å². The van der Waals surface area contributed by atoms with Crippen LogP contribution in [0.5, 0.6) is 11.5 Å². The SMILES string of the molecule is COc1ccc2c(c1)c(OC(C)=O)c(C(=O)N(C(C)=O)c1ccc(F)cc1)c(=O)n2C. The van der Waals surface area contributed by atoms with Crippen LogP contribution in [0.3, 0.4) is 0 Å². The first-order chi connectivity index (χ1) is 14.6. The summed E-state index contributed by atoms with van der Waals surface area (Å²) in [4.78, 5) is 51.4. The number of nitrogens with zero attached hydrogens (tertiary/aromatic N) is 2. The lowest BCUT2D eigenvalue weighted by Crippen LogP contribution is -2.40. The standard InChI is InChI=1S/C22H19FN2O6/c1-12(26)25(15-7-5-14(23)6-8-15)22(29)19-20(31-13(2)27)17-11-16(30-4)9-10-18(17)24(3)21(19)28/h5-11H,1-4H3. The number of pyridine rings is 1. The van der Waals surface area contributed by atoms with Crippen LogP contribution in [0, 0.1) is 5.82 Å². The van der Waals surface area contributed by atoms with Gasteiger partial charge in [0.25, 0.3) is 11.5 Å². The normalized spacial score (nSPS) is 10.6. The van der Waals surface area contributed by atoms with Crippen molar-refractivity contribution in [3.8, 4) is 11.5 Å². The highest BCUT2D eigenvalue weighted by Crippen LogP contribution is 2.32. The van der Waals surface area contributed by atoms with Gasteiger partial charge < -0.3 is 14.0 Å². The van der Waals surface area contributed by atoms with Crippen molar-refractivity contribution in [3.63, 3.8) is 0 Å². The van der Waals surface area contributed by atoms with Crippen molar-refractivity contribution >= 4 is 34.4 Å². The number of hydrogen-bond donors (Lipinski definition) is 0. The molecule has 0 saturated carbocycles. The third kappa shape index (κ3) is 4.02. The van der Waals surface area contributed by atoms with Gasteiger partial charge in [-0.1, -0.05) is 0 Å². The molecule has 2 amide bonds. The monoisotopic (exact) mass is 426 g/mol. The van der Waals surface area contributed by atoms with E-state index in [-0.39, 0.29) is 16.8 Å². The molecule has 0 radical (unpaired) electrons. The number of aromatic nitrogens is 1. The second-order valence-corrected chi connectivity index (χ2v) is 6.68. The van der Waals surface area contributed by atoms with E-state index in [1.54, 1.807) is 12.1 Å². The fourth-order valence-corrected chi connectivity index (χ4v) is 3.21. The van der Waals surface area contributed by atoms with Crippen molar-refractivity contribution in [2.24, 2.45) is 7.05 Å². The smallest absolute Gasteiger partial charge is 0.308 e. The molecule has 1 heterocycles. The molecule has 0 saturated heterocycles. The van der Waals surface area contributed by atoms with Gasteiger partial charge in [0.1, 0.15) is 17.1 Å². The van der Waals surface area contributed by atoms with Crippen molar-refractivity contribution in [1.29, 1.82) is 0 Å². The predicted octanol–water partition coefficient (Wildman–Crippen LogP) is 2.80. The Morgan fingerprint density at radius 2 is 1.68 bits per heavy atom. The summed E-state index contributed by atoms with van der Waals surface area (Å²) < 4.78 is 25.0. The van der Waals surface area contributed by atoms with E-state index in [9.17, 15) is 23.6 Å². The Balaban J connectivity index is 2.35. The molecule has 0 aliphatic carbocycles. The topological polar surface area (TPSA) is 94.9 Å². The second kappa shape index (κ2) is 8.39. The maximum Gasteiger partial charge on any atom is 0.308 e. The maximum absolute atomic E-state index is 13.4. The summed E-state index contributed by atoms with van der Waals surface area (Å²) in [6.07, 6.45) is 0. The third-order valence-corrected chi connectivity index (χ3v) is 4.62. The highest BCUT2D eigenvalue weighted by Gasteiger charge is 2.31. The average Bonchev–Trinajstić information content (AvgIpc) is 2.72. The van der Waals surface area contributed by atoms with Crippen molar-refractivity contribution < 1.29 is 28.2 Å². The minimum Gasteiger partial charge on any atom is -0.497 e. The number of amides is 2. The van der Waals surface area contributed by atoms with Gasteiger partial charge in [0.2, 0.25) is 5.91 Å². The first kappa shape index (κ1) is 21.7. The molecular weight excluding hydrogens is 407 g/mol. The van der Waals surface area contributed by atoms with E-state index in [2.05, 4.69) is 0 Å². The van der Waals surface area contributed by atoms with Crippen LogP contribution in [0.4, 0.5) is 10.1 Å². The Morgan fingerprint density at radius 3 is 2.23 bits per heavy atom. The number of carbonyl (C=O) groups excluding carboxylic acids is 3. The number of rotatable bonds is 4. The number of ether oxygens (including phenoxy) is 2. The van der Waals surface area contributed by atoms with Gasteiger partial charge >= 0.3 is 5.97 Å². The van der Waals surface area contributed by atoms with Gasteiger partial charge in [-0.2, -0.15) is 0 Å². The molecule has 0 aliphatic heterocycles. The highest BCUT2D eigenvalue weighted by molar-refractivity contribution is 6.22. The number of imide groups is 1. The number of hydrogen-bond acceptors (Lipinski definition) is 6. The third-order valence-electron chi connectivity index (χ3n) is 4.62. The molecule has 0 atom stereocenters. The molecule has 0 aliphatic rings. The van der Waals surface area contributed by atoms with Crippen LogP contribution >= 0.6 is 0 Å². The fraction of sp³-hybridized carbons (Fsp3) is 0.182. The Morgan fingerprint density at radius 1 is 1.03 bits per heavy atom. The molecule has 160 valence electrons. The molecule has 9 heteroatoms. The molecular formula is C22H19FN2O6. The number of halogens is 1. The quantitative estimate of drug-likeness (QED) is 0.596. The van der Waals surface area contributed by atoms with Crippen LogP contribution in [0.15, 0.2) is 47.3 Å². The lowest BCUT2D eigenvalue weighted by Gasteiger charge is -2.21. The van der Waals surface area contributed by atoms with Gasteiger partial charge in [0.15, 0.2) is 5.75 Å². The Bertz CT molecular complexity index is 1260. The zero-order valence-corrected chi connectivity index (χ0v) is 17.3. The molecule has 8 nitrogen and oxygen atoms in total. The number of methoxy groups -OCH3 is 1. The van der Waals surface area contributed by atoms with Gasteiger partial charge in [0, 0.05) is 26.3 Å². The van der Waals surface area contributed by atoms with Crippen LogP contribution < -0.4 is 19.9 Å². The number of fused-ring (bicyclic) bond motifs is 1. The van der Waals surface area contributed by atoms with Crippen molar-refractivity contribution in [2.75, 3.05) is 12.0 Å². The molecule has 3 aromatic rings. The summed E-state index contributed by atoms with van der Waals surface area (Å²) >= 11 is 0. The van der Waals surface area contributed by atoms with E-state index in [1.807, 2.05) is 0 Å². The Labute approximate surface area is 176 Å². The number of benzene rings is 2. The van der Waals surface area contributed by atoms with Gasteiger partial charge in [-0.15, -0.1) is 0 Å². The van der Waals surface area contributed by atoms with Crippen LogP contribution in [0.25, 0.3) is 10.9 Å². The molecule has 0 spiro atoms. The summed E-state index contributed by atoms with van der Waals surface area (Å²) in [6, 6.07) is 9.33. The summed E-state index contributed by atoms with van der Waals surface area (Å²) in [7, 11) is 2.88. The lowest BCUT2D eigenvalue weighted by molar-refractivity contribution is -0.131. The zero-order chi connectivity index (χ0) is 22.9. The highest BCUT2D eigenvalue weighted by atomic mass is 19.1. The molecule has 0 unspecified atom stereocenters. The average molecular weight is 426 g/mol. The fourth-order valence-electron chi connectivity index (χ4n) is 3.21. The summed E-state index contributed by atoms with van der Waals surface area (Å²) in [5.74, 6) is -2.93. The Kier molecular flexibility index (Phi) is 5.87. The first-order valence-electron chi connectivity index (χ1n) is 9.15. The van der Waals surface area contributed by atoms with E-state index in [0.29, 0.717) is 11.3 Å². The summed E-state index contributed by atoms with van der Waals surface area (Å²) in [5, 5.41) is 0.266.